The Kier molecular flexibility index (Phi) is 14.5. The average Bonchev–Trinajstić information content (AvgIpc) is 3.74. The van der Waals surface area contributed by atoms with E-state index in [-0.39, 0.29) is 30.5 Å². The molecule has 1 saturated carbocycles. The fraction of sp³-hybridized carbons (Fsp3) is 0.943. The third kappa shape index (κ3) is 9.69. The van der Waals surface area contributed by atoms with Gasteiger partial charge in [0.1, 0.15) is 6.17 Å². The maximum absolute atomic E-state index is 14.7. The lowest BCUT2D eigenvalue weighted by Gasteiger charge is -2.53. The maximum Gasteiger partial charge on any atom is 0.228 e. The zero-order chi connectivity index (χ0) is 32.4. The molecular weight excluding hydrogens is 569 g/mol. The van der Waals surface area contributed by atoms with Crippen LogP contribution >= 0.6 is 0 Å². The number of rotatable bonds is 19. The second kappa shape index (κ2) is 17.8. The van der Waals surface area contributed by atoms with Crippen molar-refractivity contribution < 1.29 is 13.9 Å². The van der Waals surface area contributed by atoms with E-state index in [0.717, 1.165) is 90.8 Å². The fourth-order valence-electron chi connectivity index (χ4n) is 8.31. The van der Waals surface area contributed by atoms with Gasteiger partial charge in [0.25, 0.3) is 0 Å². The van der Waals surface area contributed by atoms with Crippen molar-refractivity contribution in [3.63, 3.8) is 0 Å². The molecule has 3 aliphatic heterocycles. The molecule has 3 fully saturated rings. The highest BCUT2D eigenvalue weighted by Crippen LogP contribution is 2.45. The van der Waals surface area contributed by atoms with Crippen LogP contribution in [0.5, 0.6) is 0 Å². The molecule has 4 aliphatic rings. The van der Waals surface area contributed by atoms with Gasteiger partial charge in [-0.15, -0.1) is 0 Å². The zero-order valence-electron chi connectivity index (χ0n) is 28.9. The minimum absolute atomic E-state index is 0.105. The summed E-state index contributed by atoms with van der Waals surface area (Å²) >= 11 is 0. The van der Waals surface area contributed by atoms with Gasteiger partial charge < -0.3 is 26.8 Å². The van der Waals surface area contributed by atoms with E-state index in [9.17, 15) is 9.18 Å². The van der Waals surface area contributed by atoms with Crippen LogP contribution in [0.25, 0.3) is 0 Å². The fourth-order valence-corrected chi connectivity index (χ4v) is 8.31. The number of unbranched alkanes of at least 4 members (excludes halogenated alkanes) is 3. The van der Waals surface area contributed by atoms with Crippen LogP contribution in [-0.2, 0) is 9.53 Å². The van der Waals surface area contributed by atoms with Gasteiger partial charge in [0, 0.05) is 69.6 Å². The summed E-state index contributed by atoms with van der Waals surface area (Å²) in [7, 11) is 0. The molecule has 8 atom stereocenters. The van der Waals surface area contributed by atoms with E-state index in [4.69, 9.17) is 21.2 Å². The molecule has 9 nitrogen and oxygen atoms in total. The largest absolute Gasteiger partial charge is 0.380 e. The molecule has 0 spiro atoms. The summed E-state index contributed by atoms with van der Waals surface area (Å²) < 4.78 is 20.3. The van der Waals surface area contributed by atoms with Gasteiger partial charge in [0.05, 0.1) is 30.8 Å². The lowest BCUT2D eigenvalue weighted by Crippen LogP contribution is -2.72. The van der Waals surface area contributed by atoms with Crippen molar-refractivity contribution in [3.05, 3.63) is 0 Å². The van der Waals surface area contributed by atoms with Crippen LogP contribution in [0.1, 0.15) is 98.3 Å². The summed E-state index contributed by atoms with van der Waals surface area (Å²) in [5, 5.41) is 7.10. The van der Waals surface area contributed by atoms with Crippen molar-refractivity contribution in [2.75, 3.05) is 52.5 Å². The number of hydrogen-bond donors (Lipinski definition) is 4. The van der Waals surface area contributed by atoms with E-state index >= 15 is 0 Å². The smallest absolute Gasteiger partial charge is 0.228 e. The Morgan fingerprint density at radius 3 is 2.38 bits per heavy atom. The molecular formula is C35H66FN7O2. The summed E-state index contributed by atoms with van der Waals surface area (Å²) in [5.74, 6) is 0.292. The van der Waals surface area contributed by atoms with E-state index in [2.05, 4.69) is 47.4 Å². The first-order valence-corrected chi connectivity index (χ1v) is 18.5. The van der Waals surface area contributed by atoms with Gasteiger partial charge >= 0.3 is 0 Å². The summed E-state index contributed by atoms with van der Waals surface area (Å²) in [4.78, 5) is 24.9. The summed E-state index contributed by atoms with van der Waals surface area (Å²) in [6.45, 7) is 14.9. The van der Waals surface area contributed by atoms with E-state index < -0.39 is 23.8 Å². The second-order valence-electron chi connectivity index (χ2n) is 14.7. The zero-order valence-corrected chi connectivity index (χ0v) is 28.9. The highest BCUT2D eigenvalue weighted by Gasteiger charge is 2.53. The van der Waals surface area contributed by atoms with Gasteiger partial charge in [-0.1, -0.05) is 59.8 Å². The number of alkyl halides is 1. The molecule has 45 heavy (non-hydrogen) atoms. The maximum atomic E-state index is 14.7. The molecule has 4 rings (SSSR count). The second-order valence-corrected chi connectivity index (χ2v) is 14.7. The Labute approximate surface area is 273 Å². The summed E-state index contributed by atoms with van der Waals surface area (Å²) in [6.07, 6.45) is 11.6. The third-order valence-electron chi connectivity index (χ3n) is 11.3. The SMILES string of the molecule is CCCCCC(C)C(NCC(F)CC)C(C(=O)NC1(CCCC)CN=CC(C2CC2)C1N1CCN([C@H]2CCOC2)CC1)C(N)N. The molecule has 2 saturated heterocycles. The summed E-state index contributed by atoms with van der Waals surface area (Å²) in [5.41, 5.74) is 12.5. The molecule has 7 unspecified atom stereocenters. The Bertz CT molecular complexity index is 906. The lowest BCUT2D eigenvalue weighted by atomic mass is 9.72. The van der Waals surface area contributed by atoms with Crippen LogP contribution in [0.4, 0.5) is 4.39 Å². The molecule has 260 valence electrons. The molecule has 10 heteroatoms. The molecule has 0 aromatic rings. The van der Waals surface area contributed by atoms with Crippen LogP contribution < -0.4 is 22.1 Å². The van der Waals surface area contributed by atoms with Gasteiger partial charge in [0.2, 0.25) is 5.91 Å². The Morgan fingerprint density at radius 2 is 1.78 bits per heavy atom. The number of halogens is 1. The van der Waals surface area contributed by atoms with Crippen molar-refractivity contribution in [2.45, 2.75) is 134 Å². The minimum atomic E-state index is -0.977. The first-order chi connectivity index (χ1) is 21.7. The number of carbonyl (C=O) groups is 1. The van der Waals surface area contributed by atoms with Crippen LogP contribution in [0.3, 0.4) is 0 Å². The Hall–Kier alpha value is -1.17. The number of nitrogens with two attached hydrogens (primary N) is 2. The highest BCUT2D eigenvalue weighted by molar-refractivity contribution is 5.81. The standard InChI is InChI=1S/C35H66FN7O2/c1-5-8-10-11-25(4)31(40-21-27(36)7-3)30(33(37)38)34(44)41-35(15-9-6-2)24-39-22-29(26-12-13-26)32(35)43-18-16-42(17-19-43)28-14-20-45-23-28/h22,25-33,40H,5-21,23-24,37-38H2,1-4H3,(H,41,44)/t25?,27?,28-,29?,30?,31?,32?,35?/m0/s1. The number of amides is 1. The predicted octanol–water partition coefficient (Wildman–Crippen LogP) is 3.70. The van der Waals surface area contributed by atoms with Gasteiger partial charge in [-0.05, 0) is 50.4 Å². The minimum Gasteiger partial charge on any atom is -0.380 e. The molecule has 1 aliphatic carbocycles. The van der Waals surface area contributed by atoms with Gasteiger partial charge in [0.15, 0.2) is 0 Å². The number of piperazine rings is 1. The number of nitrogens with zero attached hydrogens (tertiary/aromatic N) is 3. The van der Waals surface area contributed by atoms with E-state index in [1.807, 2.05) is 6.92 Å². The first-order valence-electron chi connectivity index (χ1n) is 18.5. The molecule has 0 radical (unpaired) electrons. The lowest BCUT2D eigenvalue weighted by molar-refractivity contribution is -0.131. The van der Waals surface area contributed by atoms with Crippen molar-refractivity contribution in [1.29, 1.82) is 0 Å². The predicted molar refractivity (Wildman–Crippen MR) is 182 cm³/mol. The topological polar surface area (TPSA) is 121 Å². The number of carbonyl (C=O) groups excluding carboxylic acids is 1. The summed E-state index contributed by atoms with van der Waals surface area (Å²) in [6, 6.07) is 0.395. The van der Waals surface area contributed by atoms with E-state index in [0.29, 0.717) is 30.8 Å². The monoisotopic (exact) mass is 636 g/mol. The molecule has 6 N–H and O–H groups in total. The van der Waals surface area contributed by atoms with E-state index in [1.54, 1.807) is 0 Å². The molecule has 1 amide bonds. The number of nitrogens with one attached hydrogen (secondary N) is 2. The number of aliphatic imine (C=N–C) groups is 1. The van der Waals surface area contributed by atoms with Gasteiger partial charge in [-0.3, -0.25) is 19.6 Å². The highest BCUT2D eigenvalue weighted by atomic mass is 19.1. The molecule has 0 bridgehead atoms. The quantitative estimate of drug-likeness (QED) is 0.126. The Balaban J connectivity index is 1.60. The van der Waals surface area contributed by atoms with Gasteiger partial charge in [-0.2, -0.15) is 0 Å². The van der Waals surface area contributed by atoms with Crippen molar-refractivity contribution in [3.8, 4) is 0 Å². The number of ether oxygens (including phenoxy) is 1. The third-order valence-corrected chi connectivity index (χ3v) is 11.3. The molecule has 0 aromatic heterocycles. The average molecular weight is 636 g/mol. The van der Waals surface area contributed by atoms with E-state index in [1.165, 1.54) is 12.8 Å². The van der Waals surface area contributed by atoms with Crippen LogP contribution in [0, 0.1) is 23.7 Å². The molecule has 0 aromatic carbocycles. The first kappa shape index (κ1) is 36.7. The molecule has 3 heterocycles. The Morgan fingerprint density at radius 1 is 1.07 bits per heavy atom. The van der Waals surface area contributed by atoms with Crippen LogP contribution in [-0.4, -0.2) is 110 Å². The van der Waals surface area contributed by atoms with Crippen molar-refractivity contribution in [1.82, 2.24) is 20.4 Å². The van der Waals surface area contributed by atoms with Gasteiger partial charge in [-0.25, -0.2) is 4.39 Å². The van der Waals surface area contributed by atoms with Crippen molar-refractivity contribution >= 4 is 12.1 Å². The number of hydrogen-bond acceptors (Lipinski definition) is 8. The van der Waals surface area contributed by atoms with Crippen LogP contribution in [0.15, 0.2) is 4.99 Å². The van der Waals surface area contributed by atoms with Crippen LogP contribution in [0.2, 0.25) is 0 Å². The van der Waals surface area contributed by atoms with Crippen molar-refractivity contribution in [2.24, 2.45) is 40.1 Å². The normalized spacial score (nSPS) is 30.8.